The number of ether oxygens (including phenoxy) is 1. The van der Waals surface area contributed by atoms with E-state index in [1.54, 1.807) is 18.3 Å². The zero-order chi connectivity index (χ0) is 23.7. The number of hydrogen-bond acceptors (Lipinski definition) is 4. The standard InChI is InChI=1S/C25H20ClF3N4O/c26-24-10-18(20-11-31-33(14-20)15-21-3-1-2-8-30-21)9-19-13-32(16-23(19)24)12-17-4-6-22(7-5-17)34-25(27,28)29/h1-11,14H,12-13,15-16H2. The number of aromatic nitrogens is 3. The summed E-state index contributed by atoms with van der Waals surface area (Å²) in [6, 6.07) is 15.8. The molecule has 5 nitrogen and oxygen atoms in total. The van der Waals surface area contributed by atoms with Gasteiger partial charge in [0.05, 0.1) is 18.4 Å². The highest BCUT2D eigenvalue weighted by Crippen LogP contribution is 2.35. The Balaban J connectivity index is 1.27. The molecule has 0 N–H and O–H groups in total. The van der Waals surface area contributed by atoms with Crippen LogP contribution in [0.25, 0.3) is 11.1 Å². The first-order valence-electron chi connectivity index (χ1n) is 10.6. The van der Waals surface area contributed by atoms with Gasteiger partial charge in [-0.1, -0.05) is 29.8 Å². The minimum Gasteiger partial charge on any atom is -0.406 e. The SMILES string of the molecule is FC(F)(F)Oc1ccc(CN2Cc3cc(-c4cnn(Cc5ccccn5)c4)cc(Cl)c3C2)cc1. The van der Waals surface area contributed by atoms with E-state index in [4.69, 9.17) is 11.6 Å². The van der Waals surface area contributed by atoms with Gasteiger partial charge in [0, 0.05) is 42.6 Å². The maximum Gasteiger partial charge on any atom is 0.573 e. The van der Waals surface area contributed by atoms with E-state index in [0.29, 0.717) is 31.2 Å². The summed E-state index contributed by atoms with van der Waals surface area (Å²) in [7, 11) is 0. The van der Waals surface area contributed by atoms with Gasteiger partial charge in [0.25, 0.3) is 0 Å². The maximum atomic E-state index is 12.4. The average Bonchev–Trinajstić information content (AvgIpc) is 3.42. The molecule has 0 unspecified atom stereocenters. The van der Waals surface area contributed by atoms with Crippen LogP contribution in [-0.2, 0) is 26.2 Å². The molecule has 2 aromatic heterocycles. The van der Waals surface area contributed by atoms with Gasteiger partial charge in [-0.25, -0.2) is 0 Å². The number of rotatable bonds is 6. The van der Waals surface area contributed by atoms with Crippen LogP contribution in [0, 0.1) is 0 Å². The van der Waals surface area contributed by atoms with Gasteiger partial charge in [0.2, 0.25) is 0 Å². The third-order valence-electron chi connectivity index (χ3n) is 5.64. The quantitative estimate of drug-likeness (QED) is 0.333. The highest BCUT2D eigenvalue weighted by molar-refractivity contribution is 6.31. The van der Waals surface area contributed by atoms with E-state index in [0.717, 1.165) is 33.5 Å². The summed E-state index contributed by atoms with van der Waals surface area (Å²) in [4.78, 5) is 6.53. The first-order chi connectivity index (χ1) is 16.3. The van der Waals surface area contributed by atoms with Crippen LogP contribution in [-0.4, -0.2) is 26.0 Å². The van der Waals surface area contributed by atoms with E-state index in [1.807, 2.05) is 41.3 Å². The van der Waals surface area contributed by atoms with Gasteiger partial charge < -0.3 is 4.74 Å². The summed E-state index contributed by atoms with van der Waals surface area (Å²) in [6.07, 6.45) is 0.861. The summed E-state index contributed by atoms with van der Waals surface area (Å²) < 4.78 is 42.9. The van der Waals surface area contributed by atoms with E-state index < -0.39 is 6.36 Å². The third kappa shape index (κ3) is 5.24. The average molecular weight is 485 g/mol. The Hall–Kier alpha value is -3.36. The minimum absolute atomic E-state index is 0.225. The molecule has 34 heavy (non-hydrogen) atoms. The molecule has 0 saturated carbocycles. The first kappa shape index (κ1) is 22.4. The van der Waals surface area contributed by atoms with Crippen molar-refractivity contribution in [2.45, 2.75) is 32.5 Å². The predicted octanol–water partition coefficient (Wildman–Crippen LogP) is 6.06. The van der Waals surface area contributed by atoms with Gasteiger partial charge in [0.15, 0.2) is 0 Å². The van der Waals surface area contributed by atoms with Crippen molar-refractivity contribution < 1.29 is 17.9 Å². The van der Waals surface area contributed by atoms with Gasteiger partial charge in [-0.15, -0.1) is 13.2 Å². The number of halogens is 4. The lowest BCUT2D eigenvalue weighted by Gasteiger charge is -2.15. The summed E-state index contributed by atoms with van der Waals surface area (Å²) in [6.45, 7) is 2.55. The van der Waals surface area contributed by atoms with Crippen LogP contribution in [0.15, 0.2) is 73.2 Å². The van der Waals surface area contributed by atoms with E-state index in [-0.39, 0.29) is 5.75 Å². The van der Waals surface area contributed by atoms with Crippen LogP contribution in [0.1, 0.15) is 22.4 Å². The van der Waals surface area contributed by atoms with Crippen molar-refractivity contribution in [2.24, 2.45) is 0 Å². The second-order valence-corrected chi connectivity index (χ2v) is 8.59. The van der Waals surface area contributed by atoms with Crippen LogP contribution >= 0.6 is 11.6 Å². The van der Waals surface area contributed by atoms with Gasteiger partial charge in [-0.05, 0) is 58.7 Å². The molecule has 0 radical (unpaired) electrons. The van der Waals surface area contributed by atoms with Gasteiger partial charge in [0.1, 0.15) is 5.75 Å². The second kappa shape index (κ2) is 9.12. The number of pyridine rings is 1. The fourth-order valence-corrected chi connectivity index (χ4v) is 4.42. The van der Waals surface area contributed by atoms with E-state index >= 15 is 0 Å². The molecule has 9 heteroatoms. The van der Waals surface area contributed by atoms with E-state index in [9.17, 15) is 13.2 Å². The number of hydrogen-bond donors (Lipinski definition) is 0. The molecule has 174 valence electrons. The first-order valence-corrected chi connectivity index (χ1v) is 11.0. The monoisotopic (exact) mass is 484 g/mol. The van der Waals surface area contributed by atoms with Crippen molar-refractivity contribution in [2.75, 3.05) is 0 Å². The predicted molar refractivity (Wildman–Crippen MR) is 122 cm³/mol. The van der Waals surface area contributed by atoms with Crippen molar-refractivity contribution in [3.63, 3.8) is 0 Å². The summed E-state index contributed by atoms with van der Waals surface area (Å²) in [5.41, 5.74) is 6.00. The van der Waals surface area contributed by atoms with Gasteiger partial charge in [-0.2, -0.15) is 5.10 Å². The number of benzene rings is 2. The Morgan fingerprint density at radius 2 is 1.79 bits per heavy atom. The highest BCUT2D eigenvalue weighted by Gasteiger charge is 2.31. The topological polar surface area (TPSA) is 43.2 Å². The lowest BCUT2D eigenvalue weighted by atomic mass is 10.0. The Morgan fingerprint density at radius 3 is 2.53 bits per heavy atom. The molecular weight excluding hydrogens is 465 g/mol. The number of fused-ring (bicyclic) bond motifs is 1. The molecule has 5 rings (SSSR count). The largest absolute Gasteiger partial charge is 0.573 e. The molecule has 0 fully saturated rings. The number of alkyl halides is 3. The van der Waals surface area contributed by atoms with Crippen molar-refractivity contribution >= 4 is 11.6 Å². The lowest BCUT2D eigenvalue weighted by Crippen LogP contribution is -2.17. The number of nitrogens with zero attached hydrogens (tertiary/aromatic N) is 4. The molecule has 1 aliphatic rings. The van der Waals surface area contributed by atoms with Crippen molar-refractivity contribution in [3.8, 4) is 16.9 Å². The Kier molecular flexibility index (Phi) is 6.02. The Bertz CT molecular complexity index is 1290. The van der Waals surface area contributed by atoms with Crippen LogP contribution in [0.2, 0.25) is 5.02 Å². The molecule has 1 aliphatic heterocycles. The van der Waals surface area contributed by atoms with E-state index in [1.165, 1.54) is 12.1 Å². The fourth-order valence-electron chi connectivity index (χ4n) is 4.12. The zero-order valence-corrected chi connectivity index (χ0v) is 18.7. The summed E-state index contributed by atoms with van der Waals surface area (Å²) in [5.74, 6) is -0.225. The lowest BCUT2D eigenvalue weighted by molar-refractivity contribution is -0.274. The zero-order valence-electron chi connectivity index (χ0n) is 18.0. The Labute approximate surface area is 199 Å². The molecule has 0 spiro atoms. The molecular formula is C25H20ClF3N4O. The maximum absolute atomic E-state index is 12.4. The normalized spacial score (nSPS) is 13.8. The summed E-state index contributed by atoms with van der Waals surface area (Å²) in [5, 5.41) is 5.15. The van der Waals surface area contributed by atoms with Crippen LogP contribution < -0.4 is 4.74 Å². The van der Waals surface area contributed by atoms with Gasteiger partial charge >= 0.3 is 6.36 Å². The van der Waals surface area contributed by atoms with Crippen molar-refractivity contribution in [3.05, 3.63) is 101 Å². The van der Waals surface area contributed by atoms with Gasteiger partial charge in [-0.3, -0.25) is 14.6 Å². The van der Waals surface area contributed by atoms with Crippen molar-refractivity contribution in [1.29, 1.82) is 0 Å². The Morgan fingerprint density at radius 1 is 0.971 bits per heavy atom. The molecule has 0 saturated heterocycles. The molecule has 2 aromatic carbocycles. The molecule has 4 aromatic rings. The van der Waals surface area contributed by atoms with Crippen LogP contribution in [0.4, 0.5) is 13.2 Å². The fraction of sp³-hybridized carbons (Fsp3) is 0.200. The van der Waals surface area contributed by atoms with Crippen LogP contribution in [0.3, 0.4) is 0 Å². The smallest absolute Gasteiger partial charge is 0.406 e. The molecule has 3 heterocycles. The summed E-state index contributed by atoms with van der Waals surface area (Å²) >= 11 is 6.62. The van der Waals surface area contributed by atoms with E-state index in [2.05, 4.69) is 25.8 Å². The second-order valence-electron chi connectivity index (χ2n) is 8.18. The van der Waals surface area contributed by atoms with Crippen molar-refractivity contribution in [1.82, 2.24) is 19.7 Å². The highest BCUT2D eigenvalue weighted by atomic mass is 35.5. The minimum atomic E-state index is -4.69. The molecule has 0 amide bonds. The van der Waals surface area contributed by atoms with Crippen LogP contribution in [0.5, 0.6) is 5.75 Å². The molecule has 0 aliphatic carbocycles. The molecule has 0 atom stereocenters. The molecule has 0 bridgehead atoms. The third-order valence-corrected chi connectivity index (χ3v) is 5.98.